The first-order valence-electron chi connectivity index (χ1n) is 6.73. The third kappa shape index (κ3) is 3.87. The third-order valence-electron chi connectivity index (χ3n) is 3.35. The molecule has 0 radical (unpaired) electrons. The van der Waals surface area contributed by atoms with Gasteiger partial charge >= 0.3 is 10.2 Å². The van der Waals surface area contributed by atoms with Gasteiger partial charge in [0.1, 0.15) is 0 Å². The molecule has 2 N–H and O–H groups in total. The lowest BCUT2D eigenvalue weighted by Crippen LogP contribution is -2.39. The first-order chi connectivity index (χ1) is 9.94. The minimum absolute atomic E-state index is 0.200. The number of hydrogen-bond acceptors (Lipinski definition) is 3. The molecule has 1 heterocycles. The molecule has 0 aromatic heterocycles. The molecule has 6 nitrogen and oxygen atoms in total. The van der Waals surface area contributed by atoms with Crippen molar-refractivity contribution in [3.05, 3.63) is 28.8 Å². The minimum Gasteiger partial charge on any atom is -0.355 e. The van der Waals surface area contributed by atoms with Crippen molar-refractivity contribution >= 4 is 33.4 Å². The summed E-state index contributed by atoms with van der Waals surface area (Å²) in [5, 5.41) is 2.84. The lowest BCUT2D eigenvalue weighted by Gasteiger charge is -2.26. The second kappa shape index (κ2) is 6.64. The highest BCUT2D eigenvalue weighted by atomic mass is 35.5. The summed E-state index contributed by atoms with van der Waals surface area (Å²) in [6.45, 7) is 0.996. The van der Waals surface area contributed by atoms with Gasteiger partial charge in [-0.25, -0.2) is 0 Å². The fraction of sp³-hybridized carbons (Fsp3) is 0.462. The summed E-state index contributed by atoms with van der Waals surface area (Å²) in [4.78, 5) is 11.8. The first-order valence-corrected chi connectivity index (χ1v) is 8.55. The van der Waals surface area contributed by atoms with E-state index in [1.165, 1.54) is 23.5 Å². The summed E-state index contributed by atoms with van der Waals surface area (Å²) in [5.41, 5.74) is 0.426. The van der Waals surface area contributed by atoms with Crippen LogP contribution in [0.3, 0.4) is 0 Å². The molecule has 1 aromatic carbocycles. The van der Waals surface area contributed by atoms with Gasteiger partial charge in [-0.2, -0.15) is 12.7 Å². The van der Waals surface area contributed by atoms with Gasteiger partial charge in [0.05, 0.1) is 11.3 Å². The summed E-state index contributed by atoms with van der Waals surface area (Å²) in [7, 11) is -2.17. The SMILES string of the molecule is CNC(=O)c1cc(Cl)ccc1NS(=O)(=O)N1CCCCC1. The van der Waals surface area contributed by atoms with E-state index in [2.05, 4.69) is 10.0 Å². The van der Waals surface area contributed by atoms with E-state index in [1.54, 1.807) is 6.07 Å². The van der Waals surface area contributed by atoms with Crippen LogP contribution in [0, 0.1) is 0 Å². The average molecular weight is 332 g/mol. The van der Waals surface area contributed by atoms with Crippen molar-refractivity contribution < 1.29 is 13.2 Å². The van der Waals surface area contributed by atoms with Crippen LogP contribution < -0.4 is 10.0 Å². The Kier molecular flexibility index (Phi) is 5.08. The van der Waals surface area contributed by atoms with Gasteiger partial charge in [-0.1, -0.05) is 18.0 Å². The van der Waals surface area contributed by atoms with Crippen molar-refractivity contribution in [2.75, 3.05) is 24.9 Å². The van der Waals surface area contributed by atoms with Crippen LogP contribution in [0.15, 0.2) is 18.2 Å². The second-order valence-corrected chi connectivity index (χ2v) is 6.94. The van der Waals surface area contributed by atoms with Crippen molar-refractivity contribution in [2.45, 2.75) is 19.3 Å². The van der Waals surface area contributed by atoms with Crippen LogP contribution in [0.5, 0.6) is 0 Å². The molecule has 0 aliphatic carbocycles. The Morgan fingerprint density at radius 3 is 2.52 bits per heavy atom. The highest BCUT2D eigenvalue weighted by Gasteiger charge is 2.25. The first kappa shape index (κ1) is 16.1. The molecular formula is C13H18ClN3O3S. The van der Waals surface area contributed by atoms with E-state index in [-0.39, 0.29) is 11.3 Å². The molecule has 1 aliphatic rings. The van der Waals surface area contributed by atoms with Crippen molar-refractivity contribution in [3.63, 3.8) is 0 Å². The maximum Gasteiger partial charge on any atom is 0.301 e. The smallest absolute Gasteiger partial charge is 0.301 e. The number of piperidine rings is 1. The molecule has 1 aliphatic heterocycles. The van der Waals surface area contributed by atoms with Gasteiger partial charge in [-0.15, -0.1) is 0 Å². The number of anilines is 1. The Balaban J connectivity index is 2.28. The number of halogens is 1. The maximum absolute atomic E-state index is 12.4. The largest absolute Gasteiger partial charge is 0.355 e. The van der Waals surface area contributed by atoms with Crippen LogP contribution in [-0.2, 0) is 10.2 Å². The number of amides is 1. The quantitative estimate of drug-likeness (QED) is 0.883. The molecule has 0 spiro atoms. The number of rotatable bonds is 4. The van der Waals surface area contributed by atoms with E-state index < -0.39 is 16.1 Å². The van der Waals surface area contributed by atoms with Gasteiger partial charge in [-0.3, -0.25) is 9.52 Å². The number of nitrogens with zero attached hydrogens (tertiary/aromatic N) is 1. The van der Waals surface area contributed by atoms with Crippen LogP contribution in [0.1, 0.15) is 29.6 Å². The monoisotopic (exact) mass is 331 g/mol. The van der Waals surface area contributed by atoms with Crippen molar-refractivity contribution in [1.29, 1.82) is 0 Å². The number of carbonyl (C=O) groups is 1. The summed E-state index contributed by atoms with van der Waals surface area (Å²) < 4.78 is 28.6. The van der Waals surface area contributed by atoms with Crippen molar-refractivity contribution in [1.82, 2.24) is 9.62 Å². The van der Waals surface area contributed by atoms with E-state index in [0.29, 0.717) is 18.1 Å². The van der Waals surface area contributed by atoms with Crippen LogP contribution in [-0.4, -0.2) is 38.8 Å². The molecule has 1 amide bonds. The summed E-state index contributed by atoms with van der Waals surface area (Å²) in [5.74, 6) is -0.395. The summed E-state index contributed by atoms with van der Waals surface area (Å²) in [6.07, 6.45) is 2.74. The van der Waals surface area contributed by atoms with Crippen LogP contribution in [0.25, 0.3) is 0 Å². The van der Waals surface area contributed by atoms with Gasteiger partial charge in [0, 0.05) is 25.2 Å². The molecule has 0 bridgehead atoms. The molecule has 2 rings (SSSR count). The number of carbonyl (C=O) groups excluding carboxylic acids is 1. The lowest BCUT2D eigenvalue weighted by molar-refractivity contribution is 0.0964. The van der Waals surface area contributed by atoms with E-state index in [1.807, 2.05) is 0 Å². The van der Waals surface area contributed by atoms with Gasteiger partial charge < -0.3 is 5.32 Å². The zero-order valence-corrected chi connectivity index (χ0v) is 13.3. The number of nitrogens with one attached hydrogen (secondary N) is 2. The van der Waals surface area contributed by atoms with E-state index in [4.69, 9.17) is 11.6 Å². The Morgan fingerprint density at radius 1 is 1.24 bits per heavy atom. The van der Waals surface area contributed by atoms with Crippen LogP contribution in [0.2, 0.25) is 5.02 Å². The minimum atomic E-state index is -3.65. The highest BCUT2D eigenvalue weighted by Crippen LogP contribution is 2.23. The van der Waals surface area contributed by atoms with Crippen LogP contribution >= 0.6 is 11.6 Å². The fourth-order valence-corrected chi connectivity index (χ4v) is 3.73. The molecule has 116 valence electrons. The molecule has 1 saturated heterocycles. The zero-order valence-electron chi connectivity index (χ0n) is 11.7. The maximum atomic E-state index is 12.4. The molecular weight excluding hydrogens is 314 g/mol. The number of benzene rings is 1. The topological polar surface area (TPSA) is 78.5 Å². The Bertz CT molecular complexity index is 628. The predicted octanol–water partition coefficient (Wildman–Crippen LogP) is 1.84. The molecule has 1 fully saturated rings. The molecule has 0 unspecified atom stereocenters. The number of hydrogen-bond donors (Lipinski definition) is 2. The van der Waals surface area contributed by atoms with Crippen LogP contribution in [0.4, 0.5) is 5.69 Å². The zero-order chi connectivity index (χ0) is 15.5. The summed E-state index contributed by atoms with van der Waals surface area (Å²) >= 11 is 5.87. The Hall–Kier alpha value is -1.31. The van der Waals surface area contributed by atoms with Crippen molar-refractivity contribution in [3.8, 4) is 0 Å². The standard InChI is InChI=1S/C13H18ClN3O3S/c1-15-13(18)11-9-10(14)5-6-12(11)16-21(19,20)17-7-3-2-4-8-17/h5-6,9,16H,2-4,7-8H2,1H3,(H,15,18). The summed E-state index contributed by atoms with van der Waals surface area (Å²) in [6, 6.07) is 4.48. The normalized spacial score (nSPS) is 16.5. The lowest BCUT2D eigenvalue weighted by atomic mass is 10.2. The van der Waals surface area contributed by atoms with Gasteiger partial charge in [0.15, 0.2) is 0 Å². The van der Waals surface area contributed by atoms with E-state index >= 15 is 0 Å². The van der Waals surface area contributed by atoms with Gasteiger partial charge in [0.25, 0.3) is 5.91 Å². The van der Waals surface area contributed by atoms with E-state index in [0.717, 1.165) is 19.3 Å². The fourth-order valence-electron chi connectivity index (χ4n) is 2.24. The molecule has 21 heavy (non-hydrogen) atoms. The average Bonchev–Trinajstić information content (AvgIpc) is 2.49. The molecule has 1 aromatic rings. The van der Waals surface area contributed by atoms with Crippen molar-refractivity contribution in [2.24, 2.45) is 0 Å². The highest BCUT2D eigenvalue weighted by molar-refractivity contribution is 7.90. The van der Waals surface area contributed by atoms with Gasteiger partial charge in [0.2, 0.25) is 0 Å². The third-order valence-corrected chi connectivity index (χ3v) is 5.11. The Labute approximate surface area is 129 Å². The van der Waals surface area contributed by atoms with E-state index in [9.17, 15) is 13.2 Å². The predicted molar refractivity (Wildman–Crippen MR) is 82.8 cm³/mol. The molecule has 0 saturated carbocycles. The van der Waals surface area contributed by atoms with Gasteiger partial charge in [-0.05, 0) is 31.0 Å². The molecule has 0 atom stereocenters. The second-order valence-electron chi connectivity index (χ2n) is 4.84. The Morgan fingerprint density at radius 2 is 1.90 bits per heavy atom. The molecule has 8 heteroatoms.